The molecular weight excluding hydrogens is 527 g/mol. The highest BCUT2D eigenvalue weighted by Crippen LogP contribution is 2.18. The molecule has 0 bridgehead atoms. The van der Waals surface area contributed by atoms with Crippen molar-refractivity contribution < 1.29 is 9.50 Å². The first-order valence-electron chi connectivity index (χ1n) is 14.2. The van der Waals surface area contributed by atoms with E-state index in [0.717, 1.165) is 18.4 Å². The Morgan fingerprint density at radius 1 is 0.976 bits per heavy atom. The van der Waals surface area contributed by atoms with E-state index in [4.69, 9.17) is 10.7 Å². The number of anilines is 1. The highest BCUT2D eigenvalue weighted by atomic mass is 19.1. The lowest BCUT2D eigenvalue weighted by Crippen LogP contribution is -2.41. The van der Waals surface area contributed by atoms with Gasteiger partial charge in [-0.25, -0.2) is 14.8 Å². The van der Waals surface area contributed by atoms with E-state index in [1.165, 1.54) is 21.5 Å². The molecule has 0 aliphatic carbocycles. The number of hydrogen-bond acceptors (Lipinski definition) is 8. The van der Waals surface area contributed by atoms with Gasteiger partial charge in [-0.1, -0.05) is 44.9 Å². The Labute approximate surface area is 238 Å². The van der Waals surface area contributed by atoms with Crippen molar-refractivity contribution in [3.8, 4) is 0 Å². The average Bonchev–Trinajstić information content (AvgIpc) is 3.32. The number of aryl methyl sites for hydroxylation is 2. The molecule has 0 aliphatic rings. The van der Waals surface area contributed by atoms with E-state index in [9.17, 15) is 19.1 Å². The fourth-order valence-electron chi connectivity index (χ4n) is 5.05. The molecular formula is C29H39FN8O3. The molecule has 0 spiro atoms. The van der Waals surface area contributed by atoms with Gasteiger partial charge in [0, 0.05) is 50.8 Å². The number of nitrogen functional groups attached to an aromatic ring is 1. The molecule has 220 valence electrons. The first-order valence-corrected chi connectivity index (χ1v) is 14.2. The molecule has 12 heteroatoms. The van der Waals surface area contributed by atoms with Crippen molar-refractivity contribution in [2.24, 2.45) is 0 Å². The molecule has 0 aliphatic heterocycles. The molecule has 0 saturated heterocycles. The first-order chi connectivity index (χ1) is 19.9. The van der Waals surface area contributed by atoms with Gasteiger partial charge in [0.05, 0.1) is 13.0 Å². The Kier molecular flexibility index (Phi) is 10.4. The zero-order chi connectivity index (χ0) is 29.4. The number of likely N-dealkylation sites (N-methyl/N-ethyl adjacent to an activating group) is 1. The number of nitrogens with zero attached hydrogens (tertiary/aromatic N) is 7. The van der Waals surface area contributed by atoms with Crippen LogP contribution < -0.4 is 17.0 Å². The number of rotatable bonds is 15. The van der Waals surface area contributed by atoms with Crippen molar-refractivity contribution in [2.75, 3.05) is 32.0 Å². The minimum absolute atomic E-state index is 0.00256. The second kappa shape index (κ2) is 14.1. The number of aliphatic hydroxyl groups excluding tert-OH is 1. The van der Waals surface area contributed by atoms with E-state index in [-0.39, 0.29) is 30.9 Å². The van der Waals surface area contributed by atoms with E-state index >= 15 is 0 Å². The normalized spacial score (nSPS) is 11.6. The summed E-state index contributed by atoms with van der Waals surface area (Å²) >= 11 is 0. The van der Waals surface area contributed by atoms with Crippen molar-refractivity contribution in [3.63, 3.8) is 0 Å². The topological polar surface area (TPSA) is 137 Å². The highest BCUT2D eigenvalue weighted by Gasteiger charge is 2.23. The molecule has 0 amide bonds. The van der Waals surface area contributed by atoms with Crippen LogP contribution in [0, 0.1) is 5.95 Å². The van der Waals surface area contributed by atoms with Crippen LogP contribution in [0.5, 0.6) is 0 Å². The molecule has 0 radical (unpaired) electrons. The number of aliphatic hydroxyl groups is 1. The molecule has 0 atom stereocenters. The lowest BCUT2D eigenvalue weighted by molar-refractivity contribution is 0.197. The van der Waals surface area contributed by atoms with Crippen molar-refractivity contribution in [1.29, 1.82) is 0 Å². The van der Waals surface area contributed by atoms with Gasteiger partial charge in [-0.3, -0.25) is 23.8 Å². The molecule has 3 aromatic heterocycles. The quantitative estimate of drug-likeness (QED) is 0.165. The van der Waals surface area contributed by atoms with Crippen LogP contribution in [0.1, 0.15) is 50.2 Å². The van der Waals surface area contributed by atoms with Crippen LogP contribution in [-0.2, 0) is 32.5 Å². The third kappa shape index (κ3) is 6.88. The molecule has 4 aromatic rings. The van der Waals surface area contributed by atoms with Crippen LogP contribution >= 0.6 is 0 Å². The van der Waals surface area contributed by atoms with Crippen LogP contribution in [0.15, 0.2) is 46.2 Å². The van der Waals surface area contributed by atoms with Crippen LogP contribution in [0.2, 0.25) is 0 Å². The molecule has 0 saturated carbocycles. The zero-order valence-corrected chi connectivity index (χ0v) is 23.8. The third-order valence-electron chi connectivity index (χ3n) is 7.39. The zero-order valence-electron chi connectivity index (χ0n) is 23.8. The second-order valence-electron chi connectivity index (χ2n) is 10.0. The Bertz CT molecular complexity index is 1580. The van der Waals surface area contributed by atoms with Gasteiger partial charge in [-0.2, -0.15) is 4.39 Å². The third-order valence-corrected chi connectivity index (χ3v) is 7.39. The van der Waals surface area contributed by atoms with Gasteiger partial charge >= 0.3 is 5.69 Å². The van der Waals surface area contributed by atoms with Gasteiger partial charge in [0.2, 0.25) is 5.95 Å². The molecule has 3 N–H and O–H groups in total. The number of benzene rings is 1. The minimum Gasteiger partial charge on any atom is -0.399 e. The second-order valence-corrected chi connectivity index (χ2v) is 10.0. The van der Waals surface area contributed by atoms with Crippen LogP contribution in [0.3, 0.4) is 0 Å². The maximum absolute atomic E-state index is 14.6. The molecule has 4 rings (SSSR count). The summed E-state index contributed by atoms with van der Waals surface area (Å²) in [6.07, 6.45) is 5.67. The molecule has 11 nitrogen and oxygen atoms in total. The van der Waals surface area contributed by atoms with E-state index < -0.39 is 17.2 Å². The summed E-state index contributed by atoms with van der Waals surface area (Å²) in [5, 5.41) is 9.48. The monoisotopic (exact) mass is 566 g/mol. The van der Waals surface area contributed by atoms with Crippen LogP contribution in [0.4, 0.5) is 10.1 Å². The lowest BCUT2D eigenvalue weighted by atomic mass is 10.1. The number of aromatic nitrogens is 6. The molecule has 3 heterocycles. The maximum atomic E-state index is 14.6. The maximum Gasteiger partial charge on any atom is 0.332 e. The molecule has 0 unspecified atom stereocenters. The Balaban J connectivity index is 1.89. The van der Waals surface area contributed by atoms with E-state index in [1.54, 1.807) is 4.57 Å². The van der Waals surface area contributed by atoms with Gasteiger partial charge in [0.25, 0.3) is 5.56 Å². The van der Waals surface area contributed by atoms with Crippen molar-refractivity contribution in [3.05, 3.63) is 80.5 Å². The number of unbranched alkanes of at least 4 members (excludes halogenated alkanes) is 2. The van der Waals surface area contributed by atoms with Gasteiger partial charge in [0.15, 0.2) is 11.2 Å². The Morgan fingerprint density at radius 3 is 2.46 bits per heavy atom. The summed E-state index contributed by atoms with van der Waals surface area (Å²) in [5.41, 5.74) is 7.49. The molecule has 0 fully saturated rings. The van der Waals surface area contributed by atoms with Crippen LogP contribution in [0.25, 0.3) is 11.2 Å². The van der Waals surface area contributed by atoms with Crippen molar-refractivity contribution >= 4 is 16.9 Å². The standard InChI is InChI=1S/C29H39FN8O3/c1-3-5-8-14-38-28(40)25-27(37(29(38)41)15-11-21-9-6-7-10-22(21)31)34-24(20-23-26(30)33-13-12-32-23)36(25)17-16-35(4-2)18-19-39/h6-7,9-10,12-13,39H,3-5,8,11,14-20,31H2,1-2H3. The van der Waals surface area contributed by atoms with E-state index in [2.05, 4.69) is 16.9 Å². The first kappa shape index (κ1) is 30.1. The number of fused-ring (bicyclic) bond motifs is 1. The van der Waals surface area contributed by atoms with Gasteiger partial charge in [-0.15, -0.1) is 0 Å². The number of nitrogens with two attached hydrogens (primary N) is 1. The summed E-state index contributed by atoms with van der Waals surface area (Å²) < 4.78 is 19.2. The van der Waals surface area contributed by atoms with E-state index in [0.29, 0.717) is 62.6 Å². The number of para-hydroxylation sites is 1. The summed E-state index contributed by atoms with van der Waals surface area (Å²) in [5.74, 6) is -0.300. The average molecular weight is 567 g/mol. The minimum atomic E-state index is -0.713. The largest absolute Gasteiger partial charge is 0.399 e. The number of halogens is 1. The molecule has 41 heavy (non-hydrogen) atoms. The van der Waals surface area contributed by atoms with Gasteiger partial charge in [-0.05, 0) is 31.0 Å². The predicted molar refractivity (Wildman–Crippen MR) is 156 cm³/mol. The highest BCUT2D eigenvalue weighted by molar-refractivity contribution is 5.71. The Hall–Kier alpha value is -3.90. The summed E-state index contributed by atoms with van der Waals surface area (Å²) in [4.78, 5) is 42.4. The SMILES string of the molecule is CCCCCn1c(=O)c2c(nc(Cc3nccnc3F)n2CCN(CC)CCO)n(CCc2ccccc2N)c1=O. The number of imidazole rings is 1. The molecule has 1 aromatic carbocycles. The summed E-state index contributed by atoms with van der Waals surface area (Å²) in [6.45, 7) is 6.66. The fourth-order valence-corrected chi connectivity index (χ4v) is 5.05. The van der Waals surface area contributed by atoms with Crippen molar-refractivity contribution in [2.45, 2.75) is 65.6 Å². The lowest BCUT2D eigenvalue weighted by Gasteiger charge is -2.20. The van der Waals surface area contributed by atoms with Gasteiger partial charge in [0.1, 0.15) is 11.5 Å². The van der Waals surface area contributed by atoms with Crippen LogP contribution in [-0.4, -0.2) is 64.9 Å². The summed E-state index contributed by atoms with van der Waals surface area (Å²) in [6, 6.07) is 7.47. The fraction of sp³-hybridized carbons (Fsp3) is 0.483. The number of hydrogen-bond donors (Lipinski definition) is 2. The van der Waals surface area contributed by atoms with Crippen molar-refractivity contribution in [1.82, 2.24) is 33.6 Å². The van der Waals surface area contributed by atoms with E-state index in [1.807, 2.05) is 36.1 Å². The Morgan fingerprint density at radius 2 is 1.76 bits per heavy atom. The summed E-state index contributed by atoms with van der Waals surface area (Å²) in [7, 11) is 0. The van der Waals surface area contributed by atoms with Gasteiger partial charge < -0.3 is 15.4 Å². The smallest absolute Gasteiger partial charge is 0.332 e. The predicted octanol–water partition coefficient (Wildman–Crippen LogP) is 2.21.